The smallest absolute Gasteiger partial charge is 0.288 e. The first-order valence-electron chi connectivity index (χ1n) is 5.79. The Bertz CT molecular complexity index is 412. The Morgan fingerprint density at radius 2 is 2.28 bits per heavy atom. The number of benzene rings is 1. The summed E-state index contributed by atoms with van der Waals surface area (Å²) in [6.45, 7) is 3.52. The fourth-order valence-electron chi connectivity index (χ4n) is 1.59. The first-order valence-corrected chi connectivity index (χ1v) is 6.16. The molecule has 0 aromatic heterocycles. The predicted octanol–water partition coefficient (Wildman–Crippen LogP) is 2.36. The molecule has 0 aliphatic rings. The second kappa shape index (κ2) is 7.31. The van der Waals surface area contributed by atoms with Crippen LogP contribution in [0.25, 0.3) is 0 Å². The molecular weight excluding hydrogens is 256 g/mol. The number of nitro groups is 1. The van der Waals surface area contributed by atoms with Gasteiger partial charge in [0.2, 0.25) is 0 Å². The van der Waals surface area contributed by atoms with E-state index in [-0.39, 0.29) is 17.3 Å². The van der Waals surface area contributed by atoms with Crippen LogP contribution in [-0.4, -0.2) is 23.2 Å². The van der Waals surface area contributed by atoms with Gasteiger partial charge in [-0.3, -0.25) is 10.1 Å². The second-order valence-corrected chi connectivity index (χ2v) is 4.70. The number of aliphatic hydroxyl groups excluding tert-OH is 1. The molecule has 0 fully saturated rings. The minimum absolute atomic E-state index is 0.0700. The average Bonchev–Trinajstić information content (AvgIpc) is 2.31. The monoisotopic (exact) mass is 272 g/mol. The highest BCUT2D eigenvalue weighted by atomic mass is 35.5. The zero-order valence-corrected chi connectivity index (χ0v) is 11.0. The summed E-state index contributed by atoms with van der Waals surface area (Å²) in [5.41, 5.74) is 0.752. The standard InChI is InChI=1S/C12H17ClN2O3/c1-9(4-5-16)7-14-8-10-2-3-11(13)12(6-10)15(17)18/h2-3,6,9,14,16H,4-5,7-8H2,1H3. The molecule has 0 saturated carbocycles. The number of hydrogen-bond donors (Lipinski definition) is 2. The quantitative estimate of drug-likeness (QED) is 0.590. The highest BCUT2D eigenvalue weighted by molar-refractivity contribution is 6.32. The van der Waals surface area contributed by atoms with Crippen molar-refractivity contribution in [2.24, 2.45) is 5.92 Å². The van der Waals surface area contributed by atoms with Crippen molar-refractivity contribution in [3.8, 4) is 0 Å². The second-order valence-electron chi connectivity index (χ2n) is 4.29. The molecule has 0 spiro atoms. The van der Waals surface area contributed by atoms with E-state index in [9.17, 15) is 10.1 Å². The number of nitrogens with zero attached hydrogens (tertiary/aromatic N) is 1. The zero-order valence-electron chi connectivity index (χ0n) is 10.2. The molecule has 100 valence electrons. The van der Waals surface area contributed by atoms with Crippen molar-refractivity contribution in [1.29, 1.82) is 0 Å². The molecule has 0 saturated heterocycles. The topological polar surface area (TPSA) is 75.4 Å². The molecule has 1 rings (SSSR count). The normalized spacial score (nSPS) is 12.4. The third kappa shape index (κ3) is 4.60. The minimum Gasteiger partial charge on any atom is -0.396 e. The fourth-order valence-corrected chi connectivity index (χ4v) is 1.78. The van der Waals surface area contributed by atoms with Crippen LogP contribution in [0.5, 0.6) is 0 Å². The number of halogens is 1. The molecule has 0 amide bonds. The lowest BCUT2D eigenvalue weighted by Crippen LogP contribution is -2.21. The van der Waals surface area contributed by atoms with Crippen molar-refractivity contribution in [2.75, 3.05) is 13.2 Å². The summed E-state index contributed by atoms with van der Waals surface area (Å²) in [5.74, 6) is 0.372. The molecule has 0 bridgehead atoms. The van der Waals surface area contributed by atoms with Gasteiger partial charge in [-0.15, -0.1) is 0 Å². The number of nitrogens with one attached hydrogen (secondary N) is 1. The lowest BCUT2D eigenvalue weighted by molar-refractivity contribution is -0.384. The van der Waals surface area contributed by atoms with Gasteiger partial charge in [-0.05, 0) is 30.5 Å². The van der Waals surface area contributed by atoms with Crippen LogP contribution in [0.15, 0.2) is 18.2 Å². The average molecular weight is 273 g/mol. The van der Waals surface area contributed by atoms with E-state index in [0.717, 1.165) is 18.5 Å². The van der Waals surface area contributed by atoms with E-state index in [4.69, 9.17) is 16.7 Å². The Kier molecular flexibility index (Phi) is 6.04. The lowest BCUT2D eigenvalue weighted by Gasteiger charge is -2.11. The Labute approximate surface area is 111 Å². The van der Waals surface area contributed by atoms with E-state index in [2.05, 4.69) is 5.32 Å². The van der Waals surface area contributed by atoms with E-state index >= 15 is 0 Å². The largest absolute Gasteiger partial charge is 0.396 e. The molecule has 0 radical (unpaired) electrons. The van der Waals surface area contributed by atoms with E-state index in [1.54, 1.807) is 6.07 Å². The van der Waals surface area contributed by atoms with Gasteiger partial charge in [0.15, 0.2) is 0 Å². The van der Waals surface area contributed by atoms with Crippen LogP contribution in [0.4, 0.5) is 5.69 Å². The number of aliphatic hydroxyl groups is 1. The van der Waals surface area contributed by atoms with Crippen LogP contribution >= 0.6 is 11.6 Å². The molecule has 1 unspecified atom stereocenters. The molecule has 5 nitrogen and oxygen atoms in total. The lowest BCUT2D eigenvalue weighted by atomic mass is 10.1. The highest BCUT2D eigenvalue weighted by Crippen LogP contribution is 2.24. The van der Waals surface area contributed by atoms with Crippen LogP contribution in [0.3, 0.4) is 0 Å². The molecule has 0 aliphatic carbocycles. The SMILES string of the molecule is CC(CCO)CNCc1ccc(Cl)c([N+](=O)[O-])c1. The first-order chi connectivity index (χ1) is 8.54. The minimum atomic E-state index is -0.486. The van der Waals surface area contributed by atoms with E-state index in [1.165, 1.54) is 12.1 Å². The van der Waals surface area contributed by atoms with Crippen LogP contribution in [-0.2, 0) is 6.54 Å². The van der Waals surface area contributed by atoms with Crippen molar-refractivity contribution < 1.29 is 10.0 Å². The summed E-state index contributed by atoms with van der Waals surface area (Å²) in [5, 5.41) is 22.8. The summed E-state index contributed by atoms with van der Waals surface area (Å²) < 4.78 is 0. The first kappa shape index (κ1) is 14.9. The van der Waals surface area contributed by atoms with E-state index in [0.29, 0.717) is 12.5 Å². The Hall–Kier alpha value is -1.17. The molecule has 1 aromatic carbocycles. The van der Waals surface area contributed by atoms with Gasteiger partial charge < -0.3 is 10.4 Å². The van der Waals surface area contributed by atoms with Crippen LogP contribution in [0, 0.1) is 16.0 Å². The van der Waals surface area contributed by atoms with Crippen molar-refractivity contribution >= 4 is 17.3 Å². The third-order valence-corrected chi connectivity index (χ3v) is 2.97. The maximum Gasteiger partial charge on any atom is 0.288 e. The maximum absolute atomic E-state index is 10.7. The van der Waals surface area contributed by atoms with Crippen molar-refractivity contribution in [3.05, 3.63) is 38.9 Å². The number of rotatable bonds is 7. The summed E-state index contributed by atoms with van der Waals surface area (Å²) in [4.78, 5) is 10.2. The summed E-state index contributed by atoms with van der Waals surface area (Å²) in [7, 11) is 0. The molecule has 0 aliphatic heterocycles. The molecule has 6 heteroatoms. The summed E-state index contributed by atoms with van der Waals surface area (Å²) >= 11 is 5.73. The molecule has 0 heterocycles. The Morgan fingerprint density at radius 3 is 2.89 bits per heavy atom. The van der Waals surface area contributed by atoms with E-state index in [1.807, 2.05) is 6.92 Å². The van der Waals surface area contributed by atoms with Crippen LogP contribution < -0.4 is 5.32 Å². The number of nitro benzene ring substituents is 1. The fraction of sp³-hybridized carbons (Fsp3) is 0.500. The molecular formula is C12H17ClN2O3. The van der Waals surface area contributed by atoms with Gasteiger partial charge in [0.05, 0.1) is 4.92 Å². The Morgan fingerprint density at radius 1 is 1.56 bits per heavy atom. The Balaban J connectivity index is 2.53. The van der Waals surface area contributed by atoms with Gasteiger partial charge in [-0.25, -0.2) is 0 Å². The molecule has 1 atom stereocenters. The van der Waals surface area contributed by atoms with Gasteiger partial charge in [-0.2, -0.15) is 0 Å². The van der Waals surface area contributed by atoms with Gasteiger partial charge in [0.25, 0.3) is 5.69 Å². The zero-order chi connectivity index (χ0) is 13.5. The molecule has 1 aromatic rings. The van der Waals surface area contributed by atoms with Gasteiger partial charge >= 0.3 is 0 Å². The number of hydrogen-bond acceptors (Lipinski definition) is 4. The van der Waals surface area contributed by atoms with Gasteiger partial charge in [-0.1, -0.05) is 24.6 Å². The summed E-state index contributed by atoms with van der Waals surface area (Å²) in [6.07, 6.45) is 0.744. The van der Waals surface area contributed by atoms with Crippen molar-refractivity contribution in [1.82, 2.24) is 5.32 Å². The van der Waals surface area contributed by atoms with Crippen molar-refractivity contribution in [2.45, 2.75) is 19.9 Å². The van der Waals surface area contributed by atoms with Gasteiger partial charge in [0, 0.05) is 19.2 Å². The van der Waals surface area contributed by atoms with E-state index < -0.39 is 4.92 Å². The van der Waals surface area contributed by atoms with Gasteiger partial charge in [0.1, 0.15) is 5.02 Å². The summed E-state index contributed by atoms with van der Waals surface area (Å²) in [6, 6.07) is 4.78. The highest BCUT2D eigenvalue weighted by Gasteiger charge is 2.12. The van der Waals surface area contributed by atoms with Crippen LogP contribution in [0.2, 0.25) is 5.02 Å². The third-order valence-electron chi connectivity index (χ3n) is 2.65. The van der Waals surface area contributed by atoms with Crippen LogP contribution in [0.1, 0.15) is 18.9 Å². The molecule has 18 heavy (non-hydrogen) atoms. The maximum atomic E-state index is 10.7. The van der Waals surface area contributed by atoms with Crippen molar-refractivity contribution in [3.63, 3.8) is 0 Å². The predicted molar refractivity (Wildman–Crippen MR) is 70.7 cm³/mol. The molecule has 2 N–H and O–H groups in total.